The van der Waals surface area contributed by atoms with Crippen LogP contribution in [0.2, 0.25) is 0 Å². The summed E-state index contributed by atoms with van der Waals surface area (Å²) in [6.45, 7) is 3.90. The maximum atomic E-state index is 12.2. The van der Waals surface area contributed by atoms with Crippen molar-refractivity contribution in [1.29, 1.82) is 0 Å². The second-order valence-electron chi connectivity index (χ2n) is 5.21. The molecule has 1 saturated heterocycles. The number of amides is 1. The molecule has 0 spiro atoms. The van der Waals surface area contributed by atoms with Crippen LogP contribution in [0, 0.1) is 12.3 Å². The summed E-state index contributed by atoms with van der Waals surface area (Å²) in [5.41, 5.74) is 5.91. The zero-order chi connectivity index (χ0) is 15.2. The Kier molecular flexibility index (Phi) is 5.45. The normalized spacial score (nSPS) is 16.9. The van der Waals surface area contributed by atoms with E-state index in [1.807, 2.05) is 6.92 Å². The molecule has 1 aromatic rings. The lowest BCUT2D eigenvalue weighted by Gasteiger charge is -2.18. The zero-order valence-electron chi connectivity index (χ0n) is 12.4. The second kappa shape index (κ2) is 7.32. The van der Waals surface area contributed by atoms with Crippen LogP contribution in [0.5, 0.6) is 0 Å². The third-order valence-electron chi connectivity index (χ3n) is 3.64. The fourth-order valence-electron chi connectivity index (χ4n) is 2.37. The van der Waals surface area contributed by atoms with Crippen molar-refractivity contribution in [3.63, 3.8) is 0 Å². The predicted molar refractivity (Wildman–Crippen MR) is 87.6 cm³/mol. The molecular weight excluding hydrogens is 284 g/mol. The summed E-state index contributed by atoms with van der Waals surface area (Å²) >= 11 is 1.36. The number of thiazole rings is 1. The molecule has 0 aromatic carbocycles. The average molecular weight is 306 g/mol. The molecule has 1 unspecified atom stereocenters. The summed E-state index contributed by atoms with van der Waals surface area (Å²) in [7, 11) is 0. The number of carbonyl (C=O) groups excluding carboxylic acids is 1. The van der Waals surface area contributed by atoms with Crippen molar-refractivity contribution in [2.75, 3.05) is 23.7 Å². The number of nitrogen functional groups attached to an aromatic ring is 1. The van der Waals surface area contributed by atoms with Gasteiger partial charge in [0, 0.05) is 13.1 Å². The Morgan fingerprint density at radius 1 is 1.48 bits per heavy atom. The van der Waals surface area contributed by atoms with Crippen LogP contribution in [-0.2, 0) is 0 Å². The molecule has 0 bridgehead atoms. The zero-order valence-corrected chi connectivity index (χ0v) is 13.2. The lowest BCUT2D eigenvalue weighted by molar-refractivity contribution is 0.0950. The molecule has 2 rings (SSSR count). The lowest BCUT2D eigenvalue weighted by atomic mass is 10.2. The highest BCUT2D eigenvalue weighted by molar-refractivity contribution is 7.18. The number of carbonyl (C=O) groups is 1. The van der Waals surface area contributed by atoms with Gasteiger partial charge in [0.1, 0.15) is 10.7 Å². The van der Waals surface area contributed by atoms with Gasteiger partial charge in [-0.25, -0.2) is 4.98 Å². The Morgan fingerprint density at radius 3 is 2.71 bits per heavy atom. The second-order valence-corrected chi connectivity index (χ2v) is 6.19. The molecule has 1 aliphatic rings. The minimum absolute atomic E-state index is 0.226. The number of nitrogens with one attached hydrogen (secondary N) is 1. The first-order chi connectivity index (χ1) is 10.2. The molecular formula is C15H22N4OS. The fraction of sp³-hybridized carbons (Fsp3) is 0.600. The van der Waals surface area contributed by atoms with Crippen molar-refractivity contribution in [2.24, 2.45) is 0 Å². The van der Waals surface area contributed by atoms with E-state index in [2.05, 4.69) is 21.1 Å². The highest BCUT2D eigenvalue weighted by Crippen LogP contribution is 2.29. The molecule has 0 saturated carbocycles. The Balaban J connectivity index is 2.11. The molecule has 6 heteroatoms. The lowest BCUT2D eigenvalue weighted by Crippen LogP contribution is -2.33. The van der Waals surface area contributed by atoms with Gasteiger partial charge < -0.3 is 16.0 Å². The molecule has 5 nitrogen and oxygen atoms in total. The smallest absolute Gasteiger partial charge is 0.266 e. The maximum absolute atomic E-state index is 12.2. The van der Waals surface area contributed by atoms with Crippen LogP contribution in [0.4, 0.5) is 10.9 Å². The van der Waals surface area contributed by atoms with E-state index in [0.29, 0.717) is 17.1 Å². The van der Waals surface area contributed by atoms with Gasteiger partial charge in [0.2, 0.25) is 0 Å². The minimum Gasteiger partial charge on any atom is -0.382 e. The van der Waals surface area contributed by atoms with Gasteiger partial charge in [-0.2, -0.15) is 0 Å². The fourth-order valence-corrected chi connectivity index (χ4v) is 3.31. The Morgan fingerprint density at radius 2 is 2.14 bits per heavy atom. The minimum atomic E-state index is -0.263. The standard InChI is InChI=1S/C15H22N4OS/c1-3-11(4-2)17-14(20)12-13(16)18-15(21-12)19-9-7-5-6-8-10-19/h1,11H,4-10,16H2,2H3,(H,17,20). The molecule has 0 aliphatic carbocycles. The van der Waals surface area contributed by atoms with Gasteiger partial charge in [-0.05, 0) is 19.3 Å². The molecule has 2 heterocycles. The van der Waals surface area contributed by atoms with E-state index >= 15 is 0 Å². The van der Waals surface area contributed by atoms with Crippen molar-refractivity contribution in [2.45, 2.75) is 45.1 Å². The molecule has 1 fully saturated rings. The van der Waals surface area contributed by atoms with Gasteiger partial charge in [-0.1, -0.05) is 37.0 Å². The van der Waals surface area contributed by atoms with Crippen molar-refractivity contribution >= 4 is 28.2 Å². The Labute approximate surface area is 129 Å². The first kappa shape index (κ1) is 15.6. The van der Waals surface area contributed by atoms with Crippen LogP contribution in [0.1, 0.15) is 48.7 Å². The summed E-state index contributed by atoms with van der Waals surface area (Å²) in [5.74, 6) is 2.62. The van der Waals surface area contributed by atoms with Gasteiger partial charge in [0.25, 0.3) is 5.91 Å². The summed E-state index contributed by atoms with van der Waals surface area (Å²) < 4.78 is 0. The topological polar surface area (TPSA) is 71.2 Å². The predicted octanol–water partition coefficient (Wildman–Crippen LogP) is 2.25. The third-order valence-corrected chi connectivity index (χ3v) is 4.77. The molecule has 1 aliphatic heterocycles. The Bertz CT molecular complexity index is 526. The largest absolute Gasteiger partial charge is 0.382 e. The Hall–Kier alpha value is -1.74. The molecule has 1 amide bonds. The summed E-state index contributed by atoms with van der Waals surface area (Å²) in [4.78, 5) is 19.3. The van der Waals surface area contributed by atoms with Crippen molar-refractivity contribution < 1.29 is 4.79 Å². The molecule has 1 atom stereocenters. The van der Waals surface area contributed by atoms with E-state index in [1.165, 1.54) is 24.2 Å². The number of nitrogens with zero attached hydrogens (tertiary/aromatic N) is 2. The van der Waals surface area contributed by atoms with Crippen LogP contribution in [0.15, 0.2) is 0 Å². The van der Waals surface area contributed by atoms with Crippen LogP contribution >= 0.6 is 11.3 Å². The summed E-state index contributed by atoms with van der Waals surface area (Å²) in [5, 5.41) is 3.64. The van der Waals surface area contributed by atoms with Gasteiger partial charge in [-0.15, -0.1) is 6.42 Å². The van der Waals surface area contributed by atoms with Crippen LogP contribution in [0.3, 0.4) is 0 Å². The molecule has 21 heavy (non-hydrogen) atoms. The number of hydrogen-bond donors (Lipinski definition) is 2. The third kappa shape index (κ3) is 3.88. The van der Waals surface area contributed by atoms with Gasteiger partial charge in [0.05, 0.1) is 6.04 Å². The van der Waals surface area contributed by atoms with E-state index in [9.17, 15) is 4.79 Å². The van der Waals surface area contributed by atoms with Crippen molar-refractivity contribution in [3.05, 3.63) is 4.88 Å². The molecule has 0 radical (unpaired) electrons. The highest BCUT2D eigenvalue weighted by Gasteiger charge is 2.21. The number of hydrogen-bond acceptors (Lipinski definition) is 5. The SMILES string of the molecule is C#CC(CC)NC(=O)c1sc(N2CCCCCC2)nc1N. The summed E-state index contributed by atoms with van der Waals surface area (Å²) in [6.07, 6.45) is 10.9. The number of terminal acetylenes is 1. The van der Waals surface area contributed by atoms with E-state index in [0.717, 1.165) is 31.1 Å². The molecule has 1 aromatic heterocycles. The van der Waals surface area contributed by atoms with E-state index in [4.69, 9.17) is 12.2 Å². The van der Waals surface area contributed by atoms with Crippen LogP contribution in [0.25, 0.3) is 0 Å². The quantitative estimate of drug-likeness (QED) is 0.837. The molecule has 114 valence electrons. The number of nitrogens with two attached hydrogens (primary N) is 1. The van der Waals surface area contributed by atoms with E-state index < -0.39 is 0 Å². The first-order valence-electron chi connectivity index (χ1n) is 7.44. The first-order valence-corrected chi connectivity index (χ1v) is 8.25. The monoisotopic (exact) mass is 306 g/mol. The highest BCUT2D eigenvalue weighted by atomic mass is 32.1. The van der Waals surface area contributed by atoms with Gasteiger partial charge >= 0.3 is 0 Å². The molecule has 3 N–H and O–H groups in total. The average Bonchev–Trinajstić information content (AvgIpc) is 2.71. The number of anilines is 2. The van der Waals surface area contributed by atoms with Crippen molar-refractivity contribution in [1.82, 2.24) is 10.3 Å². The van der Waals surface area contributed by atoms with E-state index in [1.54, 1.807) is 0 Å². The van der Waals surface area contributed by atoms with Crippen LogP contribution in [-0.4, -0.2) is 30.0 Å². The van der Waals surface area contributed by atoms with Gasteiger partial charge in [0.15, 0.2) is 5.13 Å². The number of rotatable bonds is 4. The maximum Gasteiger partial charge on any atom is 0.266 e. The van der Waals surface area contributed by atoms with E-state index in [-0.39, 0.29) is 11.9 Å². The number of aromatic nitrogens is 1. The summed E-state index contributed by atoms with van der Waals surface area (Å²) in [6, 6.07) is -0.263. The van der Waals surface area contributed by atoms with Crippen molar-refractivity contribution in [3.8, 4) is 12.3 Å². The van der Waals surface area contributed by atoms with Gasteiger partial charge in [-0.3, -0.25) is 4.79 Å². The van der Waals surface area contributed by atoms with Crippen LogP contribution < -0.4 is 16.0 Å².